The number of nitrogens with one attached hydrogen (secondary N) is 2. The van der Waals surface area contributed by atoms with Gasteiger partial charge < -0.3 is 9.84 Å². The second kappa shape index (κ2) is 5.70. The van der Waals surface area contributed by atoms with Crippen LogP contribution in [0.15, 0.2) is 34.9 Å². The zero-order chi connectivity index (χ0) is 17.6. The van der Waals surface area contributed by atoms with Crippen molar-refractivity contribution in [3.63, 3.8) is 0 Å². The number of piperidine rings is 1. The molecule has 1 aliphatic heterocycles. The lowest BCUT2D eigenvalue weighted by molar-refractivity contribution is -0.134. The van der Waals surface area contributed by atoms with Crippen LogP contribution in [0.2, 0.25) is 0 Å². The van der Waals surface area contributed by atoms with Crippen LogP contribution in [0.4, 0.5) is 5.69 Å². The molecule has 3 amide bonds. The SMILES string of the molecule is CC(=O)Nc1ccc2c(ccc3onc(C4CCC(=O)NC4=O)c32)c1. The molecule has 0 aliphatic carbocycles. The Kier molecular flexibility index (Phi) is 3.49. The first-order valence-electron chi connectivity index (χ1n) is 7.96. The average molecular weight is 337 g/mol. The molecule has 2 N–H and O–H groups in total. The number of amides is 3. The third-order valence-electron chi connectivity index (χ3n) is 4.37. The van der Waals surface area contributed by atoms with Crippen molar-refractivity contribution in [2.45, 2.75) is 25.7 Å². The van der Waals surface area contributed by atoms with Gasteiger partial charge in [-0.2, -0.15) is 0 Å². The smallest absolute Gasteiger partial charge is 0.235 e. The summed E-state index contributed by atoms with van der Waals surface area (Å²) in [6.07, 6.45) is 0.689. The Morgan fingerprint density at radius 1 is 1.28 bits per heavy atom. The van der Waals surface area contributed by atoms with Crippen LogP contribution >= 0.6 is 0 Å². The Morgan fingerprint density at radius 3 is 2.88 bits per heavy atom. The third-order valence-corrected chi connectivity index (χ3v) is 4.37. The molecule has 3 aromatic rings. The Hall–Kier alpha value is -3.22. The zero-order valence-corrected chi connectivity index (χ0v) is 13.5. The fourth-order valence-electron chi connectivity index (χ4n) is 3.27. The van der Waals surface area contributed by atoms with Crippen LogP contribution in [0, 0.1) is 0 Å². The maximum atomic E-state index is 12.2. The molecule has 2 heterocycles. The summed E-state index contributed by atoms with van der Waals surface area (Å²) in [6, 6.07) is 9.19. The molecule has 1 aliphatic rings. The average Bonchev–Trinajstić information content (AvgIpc) is 2.98. The van der Waals surface area contributed by atoms with E-state index in [0.717, 1.165) is 16.2 Å². The molecule has 1 unspecified atom stereocenters. The van der Waals surface area contributed by atoms with E-state index >= 15 is 0 Å². The third kappa shape index (κ3) is 2.63. The minimum Gasteiger partial charge on any atom is -0.356 e. The molecule has 126 valence electrons. The predicted octanol–water partition coefficient (Wildman–Crippen LogP) is 2.46. The van der Waals surface area contributed by atoms with Crippen molar-refractivity contribution in [2.24, 2.45) is 0 Å². The summed E-state index contributed by atoms with van der Waals surface area (Å²) in [5.41, 5.74) is 1.82. The summed E-state index contributed by atoms with van der Waals surface area (Å²) in [5, 5.41) is 11.7. The quantitative estimate of drug-likeness (QED) is 0.700. The van der Waals surface area contributed by atoms with Gasteiger partial charge in [0.25, 0.3) is 0 Å². The number of hydrogen-bond donors (Lipinski definition) is 2. The van der Waals surface area contributed by atoms with Gasteiger partial charge in [0.05, 0.1) is 11.3 Å². The van der Waals surface area contributed by atoms with E-state index in [9.17, 15) is 14.4 Å². The van der Waals surface area contributed by atoms with Gasteiger partial charge in [-0.05, 0) is 35.4 Å². The summed E-state index contributed by atoms with van der Waals surface area (Å²) >= 11 is 0. The highest BCUT2D eigenvalue weighted by atomic mass is 16.5. The highest BCUT2D eigenvalue weighted by Gasteiger charge is 2.32. The van der Waals surface area contributed by atoms with Crippen molar-refractivity contribution in [3.8, 4) is 0 Å². The molecule has 4 rings (SSSR count). The van der Waals surface area contributed by atoms with Crippen molar-refractivity contribution in [1.29, 1.82) is 0 Å². The van der Waals surface area contributed by atoms with Crippen LogP contribution in [0.5, 0.6) is 0 Å². The highest BCUT2D eigenvalue weighted by molar-refractivity contribution is 6.10. The van der Waals surface area contributed by atoms with Crippen LogP contribution in [0.3, 0.4) is 0 Å². The number of fused-ring (bicyclic) bond motifs is 3. The summed E-state index contributed by atoms with van der Waals surface area (Å²) < 4.78 is 5.40. The van der Waals surface area contributed by atoms with Gasteiger partial charge in [0, 0.05) is 19.0 Å². The molecule has 25 heavy (non-hydrogen) atoms. The monoisotopic (exact) mass is 337 g/mol. The van der Waals surface area contributed by atoms with Crippen LogP contribution in [0.25, 0.3) is 21.7 Å². The van der Waals surface area contributed by atoms with E-state index in [2.05, 4.69) is 15.8 Å². The first-order valence-corrected chi connectivity index (χ1v) is 7.96. The van der Waals surface area contributed by atoms with Crippen molar-refractivity contribution >= 4 is 45.2 Å². The Labute approximate surface area is 142 Å². The number of benzene rings is 2. The fourth-order valence-corrected chi connectivity index (χ4v) is 3.27. The fraction of sp³-hybridized carbons (Fsp3) is 0.222. The van der Waals surface area contributed by atoms with E-state index in [1.165, 1.54) is 6.92 Å². The van der Waals surface area contributed by atoms with E-state index < -0.39 is 5.92 Å². The number of carbonyl (C=O) groups is 3. The standard InChI is InChI=1S/C18H15N3O4/c1-9(22)19-11-3-4-12-10(8-11)2-6-14-16(12)17(21-25-14)13-5-7-15(23)20-18(13)24/h2-4,6,8,13H,5,7H2,1H3,(H,19,22)(H,20,23,24). The predicted molar refractivity (Wildman–Crippen MR) is 90.9 cm³/mol. The van der Waals surface area contributed by atoms with E-state index in [1.807, 2.05) is 18.2 Å². The van der Waals surface area contributed by atoms with Crippen molar-refractivity contribution in [1.82, 2.24) is 10.5 Å². The molecule has 2 aromatic carbocycles. The molecule has 0 spiro atoms. The minimum atomic E-state index is -0.514. The molecule has 7 nitrogen and oxygen atoms in total. The molecule has 1 aromatic heterocycles. The van der Waals surface area contributed by atoms with Crippen LogP contribution in [-0.4, -0.2) is 22.9 Å². The van der Waals surface area contributed by atoms with Crippen molar-refractivity contribution in [3.05, 3.63) is 36.0 Å². The van der Waals surface area contributed by atoms with Gasteiger partial charge in [0.2, 0.25) is 17.7 Å². The van der Waals surface area contributed by atoms with Gasteiger partial charge in [-0.3, -0.25) is 19.7 Å². The number of rotatable bonds is 2. The normalized spacial score (nSPS) is 17.7. The Morgan fingerprint density at radius 2 is 2.12 bits per heavy atom. The van der Waals surface area contributed by atoms with E-state index in [1.54, 1.807) is 12.1 Å². The summed E-state index contributed by atoms with van der Waals surface area (Å²) in [4.78, 5) is 34.8. The number of carbonyl (C=O) groups excluding carboxylic acids is 3. The van der Waals surface area contributed by atoms with E-state index in [-0.39, 0.29) is 24.1 Å². The minimum absolute atomic E-state index is 0.144. The zero-order valence-electron chi connectivity index (χ0n) is 13.5. The lowest BCUT2D eigenvalue weighted by Crippen LogP contribution is -2.39. The molecule has 1 saturated heterocycles. The molecule has 7 heteroatoms. The van der Waals surface area contributed by atoms with Gasteiger partial charge in [-0.15, -0.1) is 0 Å². The first kappa shape index (κ1) is 15.3. The Balaban J connectivity index is 1.86. The highest BCUT2D eigenvalue weighted by Crippen LogP contribution is 2.35. The largest absolute Gasteiger partial charge is 0.356 e. The van der Waals surface area contributed by atoms with Gasteiger partial charge >= 0.3 is 0 Å². The molecular weight excluding hydrogens is 322 g/mol. The van der Waals surface area contributed by atoms with Gasteiger partial charge in [0.1, 0.15) is 5.69 Å². The Bertz CT molecular complexity index is 1040. The van der Waals surface area contributed by atoms with Gasteiger partial charge in [0.15, 0.2) is 5.58 Å². The molecule has 0 saturated carbocycles. The second-order valence-corrected chi connectivity index (χ2v) is 6.13. The first-order chi connectivity index (χ1) is 12.0. The number of imide groups is 1. The maximum Gasteiger partial charge on any atom is 0.235 e. The molecule has 1 atom stereocenters. The van der Waals surface area contributed by atoms with Gasteiger partial charge in [-0.25, -0.2) is 0 Å². The summed E-state index contributed by atoms with van der Waals surface area (Å²) in [5.74, 6) is -1.27. The summed E-state index contributed by atoms with van der Waals surface area (Å²) in [7, 11) is 0. The van der Waals surface area contributed by atoms with Gasteiger partial charge in [-0.1, -0.05) is 17.3 Å². The number of aromatic nitrogens is 1. The maximum absolute atomic E-state index is 12.2. The number of anilines is 1. The lowest BCUT2D eigenvalue weighted by atomic mass is 9.91. The lowest BCUT2D eigenvalue weighted by Gasteiger charge is -2.19. The molecular formula is C18H15N3O4. The second-order valence-electron chi connectivity index (χ2n) is 6.13. The van der Waals surface area contributed by atoms with E-state index in [4.69, 9.17) is 4.52 Å². The van der Waals surface area contributed by atoms with Crippen molar-refractivity contribution < 1.29 is 18.9 Å². The summed E-state index contributed by atoms with van der Waals surface area (Å²) in [6.45, 7) is 1.45. The molecule has 0 bridgehead atoms. The number of hydrogen-bond acceptors (Lipinski definition) is 5. The van der Waals surface area contributed by atoms with Crippen LogP contribution < -0.4 is 10.6 Å². The van der Waals surface area contributed by atoms with Crippen LogP contribution in [-0.2, 0) is 14.4 Å². The van der Waals surface area contributed by atoms with Crippen LogP contribution in [0.1, 0.15) is 31.4 Å². The molecule has 0 radical (unpaired) electrons. The number of nitrogens with zero attached hydrogens (tertiary/aromatic N) is 1. The molecule has 1 fully saturated rings. The van der Waals surface area contributed by atoms with E-state index in [0.29, 0.717) is 23.4 Å². The topological polar surface area (TPSA) is 101 Å². The van der Waals surface area contributed by atoms with Crippen molar-refractivity contribution in [2.75, 3.05) is 5.32 Å².